The molecule has 1 aromatic heterocycles. The van der Waals surface area contributed by atoms with Gasteiger partial charge in [-0.15, -0.1) is 10.2 Å². The topological polar surface area (TPSA) is 67.2 Å². The van der Waals surface area contributed by atoms with Gasteiger partial charge in [0.05, 0.1) is 11.5 Å². The lowest BCUT2D eigenvalue weighted by Crippen LogP contribution is -2.21. The molecule has 1 heterocycles. The quantitative estimate of drug-likeness (QED) is 0.225. The largest absolute Gasteiger partial charge is 0.272 e. The molecule has 3 aromatic rings. The van der Waals surface area contributed by atoms with Gasteiger partial charge < -0.3 is 0 Å². The van der Waals surface area contributed by atoms with E-state index in [9.17, 15) is 4.79 Å². The van der Waals surface area contributed by atoms with Crippen molar-refractivity contribution in [1.29, 1.82) is 0 Å². The zero-order valence-electron chi connectivity index (χ0n) is 15.3. The molecule has 0 saturated heterocycles. The summed E-state index contributed by atoms with van der Waals surface area (Å²) in [6.07, 6.45) is 0. The SMILES string of the molecule is CC(=NNC(=O)CSc1nnc(SCc2ccccc2Cl)s1)c1ccc(Br)cc1. The first-order chi connectivity index (χ1) is 14.0. The number of benzene rings is 2. The summed E-state index contributed by atoms with van der Waals surface area (Å²) in [6.45, 7) is 1.85. The van der Waals surface area contributed by atoms with Gasteiger partial charge in [-0.1, -0.05) is 92.7 Å². The number of carbonyl (C=O) groups is 1. The highest BCUT2D eigenvalue weighted by atomic mass is 79.9. The van der Waals surface area contributed by atoms with Gasteiger partial charge in [-0.05, 0) is 36.2 Å². The Kier molecular flexibility index (Phi) is 8.55. The van der Waals surface area contributed by atoms with Crippen LogP contribution in [-0.2, 0) is 10.5 Å². The molecule has 0 spiro atoms. The second kappa shape index (κ2) is 11.1. The van der Waals surface area contributed by atoms with Crippen LogP contribution < -0.4 is 5.43 Å². The number of aromatic nitrogens is 2. The van der Waals surface area contributed by atoms with Gasteiger partial charge >= 0.3 is 0 Å². The van der Waals surface area contributed by atoms with Crippen molar-refractivity contribution in [1.82, 2.24) is 15.6 Å². The zero-order chi connectivity index (χ0) is 20.6. The first-order valence-corrected chi connectivity index (χ1v) is 12.4. The molecule has 0 fully saturated rings. The van der Waals surface area contributed by atoms with Crippen molar-refractivity contribution in [2.24, 2.45) is 5.10 Å². The summed E-state index contributed by atoms with van der Waals surface area (Å²) < 4.78 is 2.59. The van der Waals surface area contributed by atoms with Crippen LogP contribution >= 0.6 is 62.4 Å². The van der Waals surface area contributed by atoms with E-state index in [1.165, 1.54) is 23.1 Å². The fourth-order valence-corrected chi connectivity index (χ4v) is 5.49. The predicted octanol–water partition coefficient (Wildman–Crippen LogP) is 5.88. The second-order valence-electron chi connectivity index (χ2n) is 5.74. The Balaban J connectivity index is 1.45. The predicted molar refractivity (Wildman–Crippen MR) is 126 cm³/mol. The lowest BCUT2D eigenvalue weighted by atomic mass is 10.1. The maximum Gasteiger partial charge on any atom is 0.250 e. The van der Waals surface area contributed by atoms with E-state index in [4.69, 9.17) is 11.6 Å². The fourth-order valence-electron chi connectivity index (χ4n) is 2.13. The van der Waals surface area contributed by atoms with Crippen molar-refractivity contribution >= 4 is 74.0 Å². The van der Waals surface area contributed by atoms with E-state index in [2.05, 4.69) is 36.7 Å². The smallest absolute Gasteiger partial charge is 0.250 e. The molecule has 10 heteroatoms. The van der Waals surface area contributed by atoms with Crippen molar-refractivity contribution in [2.45, 2.75) is 21.4 Å². The highest BCUT2D eigenvalue weighted by Gasteiger charge is 2.10. The lowest BCUT2D eigenvalue weighted by Gasteiger charge is -2.02. The van der Waals surface area contributed by atoms with Crippen LogP contribution in [0.2, 0.25) is 5.02 Å². The number of hydrogen-bond acceptors (Lipinski definition) is 7. The van der Waals surface area contributed by atoms with Crippen LogP contribution in [-0.4, -0.2) is 27.6 Å². The lowest BCUT2D eigenvalue weighted by molar-refractivity contribution is -0.118. The van der Waals surface area contributed by atoms with Gasteiger partial charge in [0, 0.05) is 15.2 Å². The van der Waals surface area contributed by atoms with E-state index in [1.807, 2.05) is 55.5 Å². The molecule has 0 unspecified atom stereocenters. The summed E-state index contributed by atoms with van der Waals surface area (Å²) in [5.74, 6) is 0.761. The van der Waals surface area contributed by atoms with Crippen molar-refractivity contribution in [2.75, 3.05) is 5.75 Å². The standard InChI is InChI=1S/C19H16BrClN4OS3/c1-12(13-6-8-15(20)9-7-13)22-23-17(26)11-28-19-25-24-18(29-19)27-10-14-4-2-3-5-16(14)21/h2-9H,10-11H2,1H3,(H,23,26). The Morgan fingerprint density at radius 3 is 2.55 bits per heavy atom. The van der Waals surface area contributed by atoms with Crippen molar-refractivity contribution < 1.29 is 4.79 Å². The third kappa shape index (κ3) is 7.11. The maximum absolute atomic E-state index is 12.1. The second-order valence-corrected chi connectivity index (χ2v) is 10.5. The molecular formula is C19H16BrClN4OS3. The van der Waals surface area contributed by atoms with Crippen LogP contribution in [0.3, 0.4) is 0 Å². The number of hydrazone groups is 1. The summed E-state index contributed by atoms with van der Waals surface area (Å²) >= 11 is 13.9. The number of halogens is 2. The summed E-state index contributed by atoms with van der Waals surface area (Å²) in [4.78, 5) is 12.1. The van der Waals surface area contributed by atoms with Crippen LogP contribution in [0.5, 0.6) is 0 Å². The first kappa shape index (κ1) is 22.3. The van der Waals surface area contributed by atoms with Crippen LogP contribution in [0, 0.1) is 0 Å². The minimum Gasteiger partial charge on any atom is -0.272 e. The molecule has 0 radical (unpaired) electrons. The van der Waals surface area contributed by atoms with Crippen LogP contribution in [0.15, 0.2) is 66.8 Å². The van der Waals surface area contributed by atoms with Crippen molar-refractivity contribution in [3.8, 4) is 0 Å². The first-order valence-electron chi connectivity index (χ1n) is 8.43. The molecule has 0 saturated carbocycles. The Bertz CT molecular complexity index is 1010. The van der Waals surface area contributed by atoms with Gasteiger partial charge in [0.15, 0.2) is 8.68 Å². The molecule has 3 rings (SSSR count). The number of carbonyl (C=O) groups excluding carboxylic acids is 1. The van der Waals surface area contributed by atoms with Crippen LogP contribution in [0.25, 0.3) is 0 Å². The van der Waals surface area contributed by atoms with Crippen LogP contribution in [0.4, 0.5) is 0 Å². The summed E-state index contributed by atoms with van der Waals surface area (Å²) in [5.41, 5.74) is 5.33. The maximum atomic E-state index is 12.1. The molecule has 5 nitrogen and oxygen atoms in total. The minimum atomic E-state index is -0.188. The van der Waals surface area contributed by atoms with E-state index < -0.39 is 0 Å². The number of nitrogens with zero attached hydrogens (tertiary/aromatic N) is 3. The Morgan fingerprint density at radius 2 is 1.83 bits per heavy atom. The summed E-state index contributed by atoms with van der Waals surface area (Å²) in [5, 5.41) is 13.2. The average molecular weight is 528 g/mol. The van der Waals surface area contributed by atoms with Crippen molar-refractivity contribution in [3.63, 3.8) is 0 Å². The fraction of sp³-hybridized carbons (Fsp3) is 0.158. The highest BCUT2D eigenvalue weighted by Crippen LogP contribution is 2.32. The minimum absolute atomic E-state index is 0.188. The third-order valence-corrected chi connectivity index (χ3v) is 7.77. The number of thioether (sulfide) groups is 2. The van der Waals surface area contributed by atoms with Gasteiger partial charge in [-0.3, -0.25) is 4.79 Å². The van der Waals surface area contributed by atoms with Gasteiger partial charge in [0.25, 0.3) is 5.91 Å². The normalized spacial score (nSPS) is 11.5. The number of amides is 1. The molecule has 0 aliphatic heterocycles. The van der Waals surface area contributed by atoms with Gasteiger partial charge in [-0.2, -0.15) is 5.10 Å². The summed E-state index contributed by atoms with van der Waals surface area (Å²) in [6, 6.07) is 15.5. The Labute approximate surface area is 194 Å². The highest BCUT2D eigenvalue weighted by molar-refractivity contribution is 9.10. The average Bonchev–Trinajstić information content (AvgIpc) is 3.18. The Morgan fingerprint density at radius 1 is 1.14 bits per heavy atom. The molecule has 0 aliphatic rings. The van der Waals surface area contributed by atoms with E-state index >= 15 is 0 Å². The van der Waals surface area contributed by atoms with Gasteiger partial charge in [-0.25, -0.2) is 5.43 Å². The molecular weight excluding hydrogens is 512 g/mol. The molecule has 29 heavy (non-hydrogen) atoms. The molecule has 1 N–H and O–H groups in total. The van der Waals surface area contributed by atoms with Gasteiger partial charge in [0.2, 0.25) is 0 Å². The molecule has 0 atom stereocenters. The molecule has 1 amide bonds. The summed E-state index contributed by atoms with van der Waals surface area (Å²) in [7, 11) is 0. The Hall–Kier alpha value is -1.39. The van der Waals surface area contributed by atoms with E-state index in [0.29, 0.717) is 0 Å². The molecule has 2 aromatic carbocycles. The van der Waals surface area contributed by atoms with Gasteiger partial charge in [0.1, 0.15) is 0 Å². The van der Waals surface area contributed by atoms with E-state index in [-0.39, 0.29) is 11.7 Å². The van der Waals surface area contributed by atoms with E-state index in [0.717, 1.165) is 40.8 Å². The molecule has 150 valence electrons. The molecule has 0 aliphatic carbocycles. The monoisotopic (exact) mass is 526 g/mol. The number of hydrogen-bond donors (Lipinski definition) is 1. The van der Waals surface area contributed by atoms with Crippen LogP contribution in [0.1, 0.15) is 18.1 Å². The third-order valence-electron chi connectivity index (χ3n) is 3.63. The zero-order valence-corrected chi connectivity index (χ0v) is 20.1. The molecule has 0 bridgehead atoms. The number of rotatable bonds is 8. The number of nitrogens with one attached hydrogen (secondary N) is 1. The van der Waals surface area contributed by atoms with E-state index in [1.54, 1.807) is 11.8 Å². The van der Waals surface area contributed by atoms with Crippen molar-refractivity contribution in [3.05, 3.63) is 69.2 Å².